The van der Waals surface area contributed by atoms with Crippen LogP contribution in [0.15, 0.2) is 48.2 Å². The number of hydrogen-bond acceptors (Lipinski definition) is 5. The standard InChI is InChI=1S/C26H28ClNO4/c1-28-11-10-26-14-21(29)23(31-3)13-19(26)20(28)12-17-6-9-22(30-2)25(24(17)26)32-15-16-4-7-18(27)8-5-16/h4-9,13,19-20H,10-12,14-15H2,1-3H3/t19-,20+,26-/m1/s1. The minimum Gasteiger partial charge on any atom is -0.493 e. The molecule has 32 heavy (non-hydrogen) atoms. The van der Waals surface area contributed by atoms with Gasteiger partial charge in [-0.3, -0.25) is 4.79 Å². The number of nitrogens with zero attached hydrogens (tertiary/aromatic N) is 1. The van der Waals surface area contributed by atoms with Crippen LogP contribution in [0.4, 0.5) is 0 Å². The van der Waals surface area contributed by atoms with Gasteiger partial charge in [0, 0.05) is 34.4 Å². The van der Waals surface area contributed by atoms with Crippen LogP contribution in [-0.4, -0.2) is 44.5 Å². The van der Waals surface area contributed by atoms with E-state index in [0.29, 0.717) is 35.6 Å². The van der Waals surface area contributed by atoms with Crippen LogP contribution in [0.2, 0.25) is 5.02 Å². The van der Waals surface area contributed by atoms with E-state index in [1.807, 2.05) is 30.3 Å². The average molecular weight is 454 g/mol. The Morgan fingerprint density at radius 3 is 2.62 bits per heavy atom. The molecule has 1 heterocycles. The van der Waals surface area contributed by atoms with Crippen LogP contribution in [0.1, 0.15) is 29.5 Å². The third kappa shape index (κ3) is 3.30. The molecule has 168 valence electrons. The Morgan fingerprint density at radius 1 is 1.12 bits per heavy atom. The number of Topliss-reactive ketones (excluding diaryl/α,β-unsaturated/α-hetero) is 1. The first-order chi connectivity index (χ1) is 15.5. The number of ketones is 1. The minimum atomic E-state index is -0.312. The monoisotopic (exact) mass is 453 g/mol. The summed E-state index contributed by atoms with van der Waals surface area (Å²) in [6, 6.07) is 12.1. The number of carbonyl (C=O) groups is 1. The number of likely N-dealkylation sites (N-methyl/N-ethyl adjacent to an activating group) is 1. The van der Waals surface area contributed by atoms with Crippen LogP contribution in [0, 0.1) is 5.92 Å². The van der Waals surface area contributed by atoms with Gasteiger partial charge in [0.2, 0.25) is 0 Å². The SMILES string of the molecule is COC1=C[C@@H]2[C@@H]3Cc4ccc(OC)c(OCc5ccc(Cl)cc5)c4[C@]2(CCN3C)CC1=O. The first kappa shape index (κ1) is 21.4. The molecule has 2 aromatic carbocycles. The maximum Gasteiger partial charge on any atom is 0.197 e. The van der Waals surface area contributed by atoms with Crippen molar-refractivity contribution in [3.8, 4) is 11.5 Å². The zero-order valence-electron chi connectivity index (χ0n) is 18.7. The number of hydrogen-bond donors (Lipinski definition) is 0. The Balaban J connectivity index is 1.63. The van der Waals surface area contributed by atoms with Gasteiger partial charge in [0.05, 0.1) is 14.2 Å². The fourth-order valence-corrected chi connectivity index (χ4v) is 6.01. The maximum absolute atomic E-state index is 13.1. The lowest BCUT2D eigenvalue weighted by molar-refractivity contribution is -0.122. The molecule has 2 aliphatic carbocycles. The van der Waals surface area contributed by atoms with E-state index in [1.165, 1.54) is 5.56 Å². The summed E-state index contributed by atoms with van der Waals surface area (Å²) in [6.07, 6.45) is 4.29. The molecule has 0 spiro atoms. The predicted octanol–water partition coefficient (Wildman–Crippen LogP) is 4.54. The number of carbonyl (C=O) groups excluding carboxylic acids is 1. The van der Waals surface area contributed by atoms with E-state index in [1.54, 1.807) is 14.2 Å². The van der Waals surface area contributed by atoms with Crippen molar-refractivity contribution in [2.45, 2.75) is 37.3 Å². The molecule has 3 aliphatic rings. The van der Waals surface area contributed by atoms with Crippen molar-refractivity contribution in [3.05, 3.63) is 69.9 Å². The van der Waals surface area contributed by atoms with Gasteiger partial charge in [0.25, 0.3) is 0 Å². The Labute approximate surface area is 193 Å². The summed E-state index contributed by atoms with van der Waals surface area (Å²) >= 11 is 6.04. The molecule has 1 saturated heterocycles. The first-order valence-corrected chi connectivity index (χ1v) is 11.4. The number of methoxy groups -OCH3 is 2. The molecule has 3 atom stereocenters. The molecular weight excluding hydrogens is 426 g/mol. The molecule has 0 radical (unpaired) electrons. The fourth-order valence-electron chi connectivity index (χ4n) is 5.89. The average Bonchev–Trinajstić information content (AvgIpc) is 2.80. The number of halogens is 1. The number of allylic oxidation sites excluding steroid dienone is 1. The molecule has 2 bridgehead atoms. The van der Waals surface area contributed by atoms with E-state index >= 15 is 0 Å². The number of rotatable bonds is 5. The van der Waals surface area contributed by atoms with E-state index in [-0.39, 0.29) is 17.1 Å². The molecule has 0 aromatic heterocycles. The van der Waals surface area contributed by atoms with Gasteiger partial charge in [0.1, 0.15) is 6.61 Å². The lowest BCUT2D eigenvalue weighted by atomic mass is 9.53. The summed E-state index contributed by atoms with van der Waals surface area (Å²) in [5.74, 6) is 2.20. The molecule has 5 rings (SSSR count). The smallest absolute Gasteiger partial charge is 0.197 e. The lowest BCUT2D eigenvalue weighted by Crippen LogP contribution is -2.60. The number of piperidine rings is 1. The van der Waals surface area contributed by atoms with Crippen LogP contribution < -0.4 is 9.47 Å². The molecule has 6 heteroatoms. The Hall–Kier alpha value is -2.50. The van der Waals surface area contributed by atoms with Gasteiger partial charge in [-0.15, -0.1) is 0 Å². The first-order valence-electron chi connectivity index (χ1n) is 11.0. The molecule has 5 nitrogen and oxygen atoms in total. The number of likely N-dealkylation sites (tertiary alicyclic amines) is 1. The van der Waals surface area contributed by atoms with Crippen molar-refractivity contribution in [1.82, 2.24) is 4.90 Å². The number of fused-ring (bicyclic) bond motifs is 1. The lowest BCUT2D eigenvalue weighted by Gasteiger charge is -2.56. The largest absolute Gasteiger partial charge is 0.493 e. The highest BCUT2D eigenvalue weighted by molar-refractivity contribution is 6.30. The van der Waals surface area contributed by atoms with E-state index in [2.05, 4.69) is 24.1 Å². The van der Waals surface area contributed by atoms with Gasteiger partial charge < -0.3 is 19.1 Å². The van der Waals surface area contributed by atoms with E-state index in [9.17, 15) is 4.79 Å². The highest BCUT2D eigenvalue weighted by Crippen LogP contribution is 2.58. The van der Waals surface area contributed by atoms with Crippen molar-refractivity contribution in [2.75, 3.05) is 27.8 Å². The second-order valence-electron chi connectivity index (χ2n) is 9.07. The highest BCUT2D eigenvalue weighted by Gasteiger charge is 2.56. The Kier molecular flexibility index (Phi) is 5.42. The molecule has 0 unspecified atom stereocenters. The fraction of sp³-hybridized carbons (Fsp3) is 0.423. The van der Waals surface area contributed by atoms with E-state index in [4.69, 9.17) is 25.8 Å². The molecule has 1 aliphatic heterocycles. The molecule has 0 saturated carbocycles. The second kappa shape index (κ2) is 8.13. The molecule has 0 N–H and O–H groups in total. The summed E-state index contributed by atoms with van der Waals surface area (Å²) in [5.41, 5.74) is 3.10. The van der Waals surface area contributed by atoms with Gasteiger partial charge in [-0.2, -0.15) is 0 Å². The van der Waals surface area contributed by atoms with Crippen molar-refractivity contribution < 1.29 is 19.0 Å². The van der Waals surface area contributed by atoms with E-state index < -0.39 is 0 Å². The summed E-state index contributed by atoms with van der Waals surface area (Å²) in [5, 5.41) is 0.698. The predicted molar refractivity (Wildman–Crippen MR) is 123 cm³/mol. The third-order valence-electron chi connectivity index (χ3n) is 7.48. The van der Waals surface area contributed by atoms with Gasteiger partial charge in [0.15, 0.2) is 23.0 Å². The molecule has 1 fully saturated rings. The van der Waals surface area contributed by atoms with Crippen LogP contribution >= 0.6 is 11.6 Å². The van der Waals surface area contributed by atoms with Gasteiger partial charge >= 0.3 is 0 Å². The summed E-state index contributed by atoms with van der Waals surface area (Å²) < 4.78 is 17.7. The van der Waals surface area contributed by atoms with Crippen molar-refractivity contribution in [3.63, 3.8) is 0 Å². The summed E-state index contributed by atoms with van der Waals surface area (Å²) in [6.45, 7) is 1.35. The second-order valence-corrected chi connectivity index (χ2v) is 9.50. The molecular formula is C26H28ClNO4. The Bertz CT molecular complexity index is 1080. The van der Waals surface area contributed by atoms with Crippen LogP contribution in [0.5, 0.6) is 11.5 Å². The molecule has 2 aromatic rings. The number of ether oxygens (including phenoxy) is 3. The van der Waals surface area contributed by atoms with Crippen LogP contribution in [0.25, 0.3) is 0 Å². The van der Waals surface area contributed by atoms with Crippen LogP contribution in [0.3, 0.4) is 0 Å². The normalized spacial score (nSPS) is 26.6. The maximum atomic E-state index is 13.1. The summed E-state index contributed by atoms with van der Waals surface area (Å²) in [7, 11) is 5.43. The highest BCUT2D eigenvalue weighted by atomic mass is 35.5. The third-order valence-corrected chi connectivity index (χ3v) is 7.73. The van der Waals surface area contributed by atoms with Crippen molar-refractivity contribution in [1.29, 1.82) is 0 Å². The van der Waals surface area contributed by atoms with Gasteiger partial charge in [-0.1, -0.05) is 29.8 Å². The quantitative estimate of drug-likeness (QED) is 0.665. The van der Waals surface area contributed by atoms with Crippen molar-refractivity contribution >= 4 is 17.4 Å². The minimum absolute atomic E-state index is 0.0615. The topological polar surface area (TPSA) is 48.0 Å². The van der Waals surface area contributed by atoms with E-state index in [0.717, 1.165) is 36.3 Å². The Morgan fingerprint density at radius 2 is 1.91 bits per heavy atom. The number of benzene rings is 2. The zero-order chi connectivity index (χ0) is 22.5. The van der Waals surface area contributed by atoms with Crippen molar-refractivity contribution in [2.24, 2.45) is 5.92 Å². The van der Waals surface area contributed by atoms with Gasteiger partial charge in [-0.05, 0) is 61.8 Å². The van der Waals surface area contributed by atoms with Crippen LogP contribution in [-0.2, 0) is 28.0 Å². The zero-order valence-corrected chi connectivity index (χ0v) is 19.4. The summed E-state index contributed by atoms with van der Waals surface area (Å²) in [4.78, 5) is 15.5. The van der Waals surface area contributed by atoms with Gasteiger partial charge in [-0.25, -0.2) is 0 Å². The molecule has 0 amide bonds.